The number of rotatable bonds is 3. The fourth-order valence-electron chi connectivity index (χ4n) is 2.69. The van der Waals surface area contributed by atoms with Crippen molar-refractivity contribution in [2.24, 2.45) is 0 Å². The van der Waals surface area contributed by atoms with E-state index in [1.54, 1.807) is 18.2 Å². The van der Waals surface area contributed by atoms with Gasteiger partial charge in [0, 0.05) is 19.6 Å². The van der Waals surface area contributed by atoms with Crippen LogP contribution < -0.4 is 0 Å². The Balaban J connectivity index is 1.73. The maximum atomic E-state index is 13.3. The van der Waals surface area contributed by atoms with Crippen LogP contribution in [0.5, 0.6) is 5.75 Å². The van der Waals surface area contributed by atoms with Crippen LogP contribution in [0.25, 0.3) is 0 Å². The Hall–Kier alpha value is -1.14. The van der Waals surface area contributed by atoms with Crippen molar-refractivity contribution in [1.82, 2.24) is 4.90 Å². The molecular weight excluding hydrogens is 385 g/mol. The van der Waals surface area contributed by atoms with Crippen molar-refractivity contribution in [3.63, 3.8) is 0 Å². The third-order valence-corrected chi connectivity index (χ3v) is 5.12. The predicted molar refractivity (Wildman–Crippen MR) is 91.2 cm³/mol. The van der Waals surface area contributed by atoms with Crippen molar-refractivity contribution in [2.45, 2.75) is 12.6 Å². The van der Waals surface area contributed by atoms with Crippen molar-refractivity contribution in [2.75, 3.05) is 19.7 Å². The number of hydrogen-bond acceptors (Lipinski definition) is 3. The maximum absolute atomic E-state index is 13.3. The van der Waals surface area contributed by atoms with Gasteiger partial charge in [-0.3, -0.25) is 4.90 Å². The zero-order chi connectivity index (χ0) is 16.4. The highest BCUT2D eigenvalue weighted by molar-refractivity contribution is 9.10. The van der Waals surface area contributed by atoms with Gasteiger partial charge in [-0.25, -0.2) is 4.39 Å². The maximum Gasteiger partial charge on any atom is 0.141 e. The molecule has 1 atom stereocenters. The van der Waals surface area contributed by atoms with Gasteiger partial charge in [-0.2, -0.15) is 0 Å². The minimum atomic E-state index is -0.424. The Bertz CT molecular complexity index is 713. The van der Waals surface area contributed by atoms with Gasteiger partial charge >= 0.3 is 0 Å². The van der Waals surface area contributed by atoms with Gasteiger partial charge in [-0.15, -0.1) is 0 Å². The summed E-state index contributed by atoms with van der Waals surface area (Å²) in [4.78, 5) is 2.24. The van der Waals surface area contributed by atoms with Crippen LogP contribution in [-0.4, -0.2) is 29.7 Å². The van der Waals surface area contributed by atoms with Gasteiger partial charge in [0.25, 0.3) is 0 Å². The highest BCUT2D eigenvalue weighted by Gasteiger charge is 2.23. The quantitative estimate of drug-likeness (QED) is 0.822. The Morgan fingerprint density at radius 1 is 1.35 bits per heavy atom. The average Bonchev–Trinajstić information content (AvgIpc) is 2.55. The van der Waals surface area contributed by atoms with E-state index in [-0.39, 0.29) is 16.9 Å². The second-order valence-corrected chi connectivity index (χ2v) is 6.72. The van der Waals surface area contributed by atoms with Crippen molar-refractivity contribution >= 4 is 27.5 Å². The molecule has 3 rings (SSSR count). The van der Waals surface area contributed by atoms with E-state index in [4.69, 9.17) is 16.3 Å². The molecule has 6 heteroatoms. The van der Waals surface area contributed by atoms with Crippen LogP contribution in [-0.2, 0) is 11.3 Å². The lowest BCUT2D eigenvalue weighted by molar-refractivity contribution is -0.0330. The molecule has 1 unspecified atom stereocenters. The lowest BCUT2D eigenvalue weighted by Crippen LogP contribution is -2.37. The van der Waals surface area contributed by atoms with Crippen LogP contribution >= 0.6 is 27.5 Å². The zero-order valence-corrected chi connectivity index (χ0v) is 14.6. The summed E-state index contributed by atoms with van der Waals surface area (Å²) in [6.45, 7) is 2.78. The molecule has 0 spiro atoms. The van der Waals surface area contributed by atoms with Crippen molar-refractivity contribution < 1.29 is 14.2 Å². The summed E-state index contributed by atoms with van der Waals surface area (Å²) >= 11 is 9.28. The molecule has 1 N–H and O–H groups in total. The van der Waals surface area contributed by atoms with E-state index in [2.05, 4.69) is 20.8 Å². The molecule has 0 aliphatic carbocycles. The largest absolute Gasteiger partial charge is 0.507 e. The summed E-state index contributed by atoms with van der Waals surface area (Å²) in [5.41, 5.74) is 1.89. The molecule has 1 aliphatic heterocycles. The molecule has 1 aliphatic rings. The van der Waals surface area contributed by atoms with E-state index in [1.807, 2.05) is 12.1 Å². The van der Waals surface area contributed by atoms with E-state index in [0.29, 0.717) is 24.2 Å². The molecule has 1 saturated heterocycles. The summed E-state index contributed by atoms with van der Waals surface area (Å²) in [5.74, 6) is -0.190. The highest BCUT2D eigenvalue weighted by Crippen LogP contribution is 2.30. The Labute approximate surface area is 147 Å². The highest BCUT2D eigenvalue weighted by atomic mass is 79.9. The fourth-order valence-corrected chi connectivity index (χ4v) is 3.27. The monoisotopic (exact) mass is 399 g/mol. The second kappa shape index (κ2) is 7.18. The van der Waals surface area contributed by atoms with Crippen molar-refractivity contribution in [1.29, 1.82) is 0 Å². The van der Waals surface area contributed by atoms with Gasteiger partial charge in [0.2, 0.25) is 0 Å². The van der Waals surface area contributed by atoms with Crippen molar-refractivity contribution in [3.8, 4) is 5.75 Å². The van der Waals surface area contributed by atoms with E-state index < -0.39 is 5.82 Å². The number of phenolic OH excluding ortho intramolecular Hbond substituents is 1. The first-order valence-corrected chi connectivity index (χ1v) is 8.47. The SMILES string of the molecule is Oc1cccc(CN2CCOC(c3ccc(F)c(Cl)c3)C2)c1Br. The lowest BCUT2D eigenvalue weighted by Gasteiger charge is -2.33. The number of aromatic hydroxyl groups is 1. The smallest absolute Gasteiger partial charge is 0.141 e. The third-order valence-electron chi connectivity index (χ3n) is 3.92. The van der Waals surface area contributed by atoms with Gasteiger partial charge in [-0.05, 0) is 45.3 Å². The molecule has 0 bridgehead atoms. The molecule has 0 radical (unpaired) electrons. The fraction of sp³-hybridized carbons (Fsp3) is 0.294. The molecule has 122 valence electrons. The number of ether oxygens (including phenoxy) is 1. The first-order valence-electron chi connectivity index (χ1n) is 7.30. The molecule has 0 amide bonds. The van der Waals surface area contributed by atoms with E-state index >= 15 is 0 Å². The summed E-state index contributed by atoms with van der Waals surface area (Å²) < 4.78 is 19.8. The minimum absolute atomic E-state index is 0.110. The van der Waals surface area contributed by atoms with Gasteiger partial charge < -0.3 is 9.84 Å². The summed E-state index contributed by atoms with van der Waals surface area (Å²) in [5, 5.41) is 9.89. The predicted octanol–water partition coefficient (Wildman–Crippen LogP) is 4.52. The molecule has 2 aromatic rings. The van der Waals surface area contributed by atoms with Gasteiger partial charge in [0.1, 0.15) is 11.6 Å². The first kappa shape index (κ1) is 16.7. The molecule has 2 aromatic carbocycles. The lowest BCUT2D eigenvalue weighted by atomic mass is 10.1. The Morgan fingerprint density at radius 3 is 2.96 bits per heavy atom. The third kappa shape index (κ3) is 3.86. The standard InChI is InChI=1S/C17H16BrClFNO2/c18-17-12(2-1-3-15(17)22)9-21-6-7-23-16(10-21)11-4-5-14(20)13(19)8-11/h1-5,8,16,22H,6-7,9-10H2. The molecule has 1 heterocycles. The molecule has 1 fully saturated rings. The van der Waals surface area contributed by atoms with Crippen LogP contribution in [0.15, 0.2) is 40.9 Å². The number of hydrogen-bond donors (Lipinski definition) is 1. The van der Waals surface area contributed by atoms with Crippen molar-refractivity contribution in [3.05, 3.63) is 62.8 Å². The van der Waals surface area contributed by atoms with Crippen LogP contribution in [0.3, 0.4) is 0 Å². The van der Waals surface area contributed by atoms with Gasteiger partial charge in [-0.1, -0.05) is 29.8 Å². The van der Waals surface area contributed by atoms with E-state index in [9.17, 15) is 9.50 Å². The van der Waals surface area contributed by atoms with Gasteiger partial charge in [0.05, 0.1) is 22.2 Å². The first-order chi connectivity index (χ1) is 11.0. The van der Waals surface area contributed by atoms with Crippen LogP contribution in [0.2, 0.25) is 5.02 Å². The second-order valence-electron chi connectivity index (χ2n) is 5.52. The number of morpholine rings is 1. The molecule has 3 nitrogen and oxygen atoms in total. The van der Waals surface area contributed by atoms with Crippen LogP contribution in [0, 0.1) is 5.82 Å². The number of halogens is 3. The van der Waals surface area contributed by atoms with E-state index in [0.717, 1.165) is 17.7 Å². The number of phenols is 1. The normalized spacial score (nSPS) is 19.0. The molecule has 0 saturated carbocycles. The van der Waals surface area contributed by atoms with Crippen LogP contribution in [0.4, 0.5) is 4.39 Å². The number of nitrogens with zero attached hydrogens (tertiary/aromatic N) is 1. The van der Waals surface area contributed by atoms with Gasteiger partial charge in [0.15, 0.2) is 0 Å². The van der Waals surface area contributed by atoms with Crippen LogP contribution in [0.1, 0.15) is 17.2 Å². The Kier molecular flexibility index (Phi) is 5.21. The Morgan fingerprint density at radius 2 is 2.17 bits per heavy atom. The summed E-state index contributed by atoms with van der Waals surface area (Å²) in [6.07, 6.45) is -0.141. The molecule has 0 aromatic heterocycles. The topological polar surface area (TPSA) is 32.7 Å². The molecular formula is C17H16BrClFNO2. The zero-order valence-electron chi connectivity index (χ0n) is 12.3. The number of benzene rings is 2. The molecule has 23 heavy (non-hydrogen) atoms. The summed E-state index contributed by atoms with van der Waals surface area (Å²) in [7, 11) is 0. The summed E-state index contributed by atoms with van der Waals surface area (Å²) in [6, 6.07) is 10.1. The minimum Gasteiger partial charge on any atom is -0.507 e. The van der Waals surface area contributed by atoms with E-state index in [1.165, 1.54) is 6.07 Å². The average molecular weight is 401 g/mol.